The van der Waals surface area contributed by atoms with E-state index in [-0.39, 0.29) is 11.9 Å². The van der Waals surface area contributed by atoms with Crippen LogP contribution in [0.25, 0.3) is 0 Å². The van der Waals surface area contributed by atoms with Gasteiger partial charge < -0.3 is 5.73 Å². The van der Waals surface area contributed by atoms with Crippen molar-refractivity contribution >= 4 is 17.7 Å². The minimum absolute atomic E-state index is 0.0681. The van der Waals surface area contributed by atoms with Crippen LogP contribution in [0.15, 0.2) is 18.2 Å². The number of benzene rings is 1. The molecule has 0 spiro atoms. The van der Waals surface area contributed by atoms with Crippen molar-refractivity contribution in [3.8, 4) is 0 Å². The Morgan fingerprint density at radius 2 is 2.29 bits per heavy atom. The van der Waals surface area contributed by atoms with Crippen molar-refractivity contribution in [2.45, 2.75) is 18.7 Å². The summed E-state index contributed by atoms with van der Waals surface area (Å²) < 4.78 is 13.5. The van der Waals surface area contributed by atoms with Crippen LogP contribution >= 0.6 is 11.8 Å². The number of nitrogen functional groups attached to an aromatic ring is 1. The summed E-state index contributed by atoms with van der Waals surface area (Å²) in [4.78, 5) is 11.3. The molecular weight excluding hydrogens is 241 g/mol. The minimum Gasteiger partial charge on any atom is -0.327 e. The number of nitrogens with two attached hydrogens (primary N) is 2. The van der Waals surface area contributed by atoms with Crippen LogP contribution in [0.2, 0.25) is 0 Å². The maximum Gasteiger partial charge on any atom is 0.265 e. The lowest BCUT2D eigenvalue weighted by Crippen LogP contribution is -2.30. The van der Waals surface area contributed by atoms with Crippen LogP contribution in [0, 0.1) is 5.82 Å². The minimum atomic E-state index is -0.427. The van der Waals surface area contributed by atoms with E-state index in [4.69, 9.17) is 11.6 Å². The van der Waals surface area contributed by atoms with Crippen molar-refractivity contribution < 1.29 is 9.18 Å². The standard InChI is InChI=1S/C11H16FN3OS/c1-7(13)5-17-6-9-4-8(11(16)15-14)2-3-10(9)12/h2-4,7H,5-6,13-14H2,1H3,(H,15,16). The molecule has 0 radical (unpaired) electrons. The molecule has 1 rings (SSSR count). The number of hydrazine groups is 1. The summed E-state index contributed by atoms with van der Waals surface area (Å²) in [6.45, 7) is 1.89. The van der Waals surface area contributed by atoms with E-state index in [2.05, 4.69) is 0 Å². The van der Waals surface area contributed by atoms with Crippen LogP contribution in [-0.2, 0) is 5.75 Å². The number of amides is 1. The number of carbonyl (C=O) groups is 1. The van der Waals surface area contributed by atoms with E-state index in [0.29, 0.717) is 16.9 Å². The fourth-order valence-corrected chi connectivity index (χ4v) is 2.20. The normalized spacial score (nSPS) is 12.2. The molecule has 0 saturated heterocycles. The van der Waals surface area contributed by atoms with Crippen LogP contribution in [0.1, 0.15) is 22.8 Å². The molecule has 5 N–H and O–H groups in total. The Labute approximate surface area is 104 Å². The van der Waals surface area contributed by atoms with Crippen molar-refractivity contribution in [2.75, 3.05) is 5.75 Å². The van der Waals surface area contributed by atoms with E-state index >= 15 is 0 Å². The second-order valence-corrected chi connectivity index (χ2v) is 4.80. The predicted octanol–water partition coefficient (Wildman–Crippen LogP) is 1.01. The second kappa shape index (κ2) is 6.58. The number of hydrogen-bond acceptors (Lipinski definition) is 4. The van der Waals surface area contributed by atoms with Gasteiger partial charge in [-0.25, -0.2) is 10.2 Å². The topological polar surface area (TPSA) is 81.1 Å². The van der Waals surface area contributed by atoms with Gasteiger partial charge in [-0.1, -0.05) is 0 Å². The van der Waals surface area contributed by atoms with Gasteiger partial charge in [-0.2, -0.15) is 11.8 Å². The monoisotopic (exact) mass is 257 g/mol. The maximum atomic E-state index is 13.5. The van der Waals surface area contributed by atoms with E-state index in [1.807, 2.05) is 12.3 Å². The highest BCUT2D eigenvalue weighted by Gasteiger charge is 2.09. The first kappa shape index (κ1) is 14.0. The van der Waals surface area contributed by atoms with E-state index in [9.17, 15) is 9.18 Å². The van der Waals surface area contributed by atoms with Crippen molar-refractivity contribution in [3.05, 3.63) is 35.1 Å². The highest BCUT2D eigenvalue weighted by molar-refractivity contribution is 7.98. The van der Waals surface area contributed by atoms with Crippen LogP contribution in [0.4, 0.5) is 4.39 Å². The van der Waals surface area contributed by atoms with Gasteiger partial charge in [-0.3, -0.25) is 10.2 Å². The highest BCUT2D eigenvalue weighted by Crippen LogP contribution is 2.17. The molecule has 0 aliphatic rings. The van der Waals surface area contributed by atoms with Crippen LogP contribution in [-0.4, -0.2) is 17.7 Å². The van der Waals surface area contributed by atoms with Gasteiger partial charge in [0.1, 0.15) is 5.82 Å². The molecule has 0 heterocycles. The van der Waals surface area contributed by atoms with Gasteiger partial charge >= 0.3 is 0 Å². The van der Waals surface area contributed by atoms with Crippen molar-refractivity contribution in [3.63, 3.8) is 0 Å². The lowest BCUT2D eigenvalue weighted by atomic mass is 10.1. The number of carbonyl (C=O) groups excluding carboxylic acids is 1. The summed E-state index contributed by atoms with van der Waals surface area (Å²) in [5, 5.41) is 0. The van der Waals surface area contributed by atoms with E-state index in [1.165, 1.54) is 30.0 Å². The summed E-state index contributed by atoms with van der Waals surface area (Å²) in [7, 11) is 0. The Hall–Kier alpha value is -1.11. The Balaban J connectivity index is 2.73. The predicted molar refractivity (Wildman–Crippen MR) is 67.9 cm³/mol. The lowest BCUT2D eigenvalue weighted by molar-refractivity contribution is 0.0953. The average Bonchev–Trinajstić information content (AvgIpc) is 2.30. The molecule has 0 aromatic heterocycles. The second-order valence-electron chi connectivity index (χ2n) is 3.77. The molecule has 4 nitrogen and oxygen atoms in total. The number of rotatable bonds is 5. The number of halogens is 1. The zero-order chi connectivity index (χ0) is 12.8. The van der Waals surface area contributed by atoms with Gasteiger partial charge in [0, 0.05) is 23.1 Å². The van der Waals surface area contributed by atoms with Crippen LogP contribution in [0.3, 0.4) is 0 Å². The Kier molecular flexibility index (Phi) is 5.40. The summed E-state index contributed by atoms with van der Waals surface area (Å²) in [5.74, 6) is 5.49. The molecule has 1 aromatic rings. The van der Waals surface area contributed by atoms with Gasteiger partial charge in [0.25, 0.3) is 5.91 Å². The summed E-state index contributed by atoms with van der Waals surface area (Å²) in [5.41, 5.74) is 8.45. The molecule has 1 unspecified atom stereocenters. The van der Waals surface area contributed by atoms with E-state index in [0.717, 1.165) is 5.75 Å². The molecule has 17 heavy (non-hydrogen) atoms. The quantitative estimate of drug-likeness (QED) is 0.418. The maximum absolute atomic E-state index is 13.5. The molecule has 6 heteroatoms. The average molecular weight is 257 g/mol. The molecule has 1 aromatic carbocycles. The third-order valence-electron chi connectivity index (χ3n) is 2.08. The van der Waals surface area contributed by atoms with Crippen LogP contribution < -0.4 is 17.0 Å². The molecule has 1 atom stereocenters. The molecule has 0 fully saturated rings. The fraction of sp³-hybridized carbons (Fsp3) is 0.364. The number of nitrogens with one attached hydrogen (secondary N) is 1. The molecule has 0 aliphatic heterocycles. The first-order chi connectivity index (χ1) is 8.04. The van der Waals surface area contributed by atoms with Gasteiger partial charge in [0.05, 0.1) is 0 Å². The molecule has 0 aliphatic carbocycles. The third-order valence-corrected chi connectivity index (χ3v) is 3.35. The Morgan fingerprint density at radius 3 is 2.88 bits per heavy atom. The van der Waals surface area contributed by atoms with E-state index in [1.54, 1.807) is 0 Å². The Morgan fingerprint density at radius 1 is 1.59 bits per heavy atom. The van der Waals surface area contributed by atoms with Crippen molar-refractivity contribution in [1.29, 1.82) is 0 Å². The lowest BCUT2D eigenvalue weighted by Gasteiger charge is -2.07. The summed E-state index contributed by atoms with van der Waals surface area (Å²) in [6.07, 6.45) is 0. The molecular formula is C11H16FN3OS. The SMILES string of the molecule is CC(N)CSCc1cc(C(=O)NN)ccc1F. The third kappa shape index (κ3) is 4.33. The van der Waals surface area contributed by atoms with Gasteiger partial charge in [-0.05, 0) is 30.7 Å². The van der Waals surface area contributed by atoms with Gasteiger partial charge in [0.15, 0.2) is 0 Å². The molecule has 0 saturated carbocycles. The van der Waals surface area contributed by atoms with Gasteiger partial charge in [0.2, 0.25) is 0 Å². The fourth-order valence-electron chi connectivity index (χ4n) is 1.26. The smallest absolute Gasteiger partial charge is 0.265 e. The summed E-state index contributed by atoms with van der Waals surface area (Å²) in [6, 6.07) is 4.24. The summed E-state index contributed by atoms with van der Waals surface area (Å²) >= 11 is 1.53. The van der Waals surface area contributed by atoms with Gasteiger partial charge in [-0.15, -0.1) is 0 Å². The van der Waals surface area contributed by atoms with Crippen molar-refractivity contribution in [2.24, 2.45) is 11.6 Å². The first-order valence-corrected chi connectivity index (χ1v) is 6.32. The molecule has 0 bridgehead atoms. The zero-order valence-electron chi connectivity index (χ0n) is 9.57. The number of hydrogen-bond donors (Lipinski definition) is 3. The van der Waals surface area contributed by atoms with E-state index < -0.39 is 5.91 Å². The zero-order valence-corrected chi connectivity index (χ0v) is 10.4. The van der Waals surface area contributed by atoms with Crippen LogP contribution in [0.5, 0.6) is 0 Å². The van der Waals surface area contributed by atoms with Crippen molar-refractivity contribution in [1.82, 2.24) is 5.43 Å². The molecule has 94 valence electrons. The Bertz CT molecular complexity index is 398. The highest BCUT2D eigenvalue weighted by atomic mass is 32.2. The number of thioether (sulfide) groups is 1. The first-order valence-electron chi connectivity index (χ1n) is 5.17. The largest absolute Gasteiger partial charge is 0.327 e. The molecule has 1 amide bonds.